The molecule has 0 atom stereocenters. The molecule has 2 N–H and O–H groups in total. The van der Waals surface area contributed by atoms with Gasteiger partial charge < -0.3 is 10.3 Å². The standard InChI is InChI=1S/C14H13N3O/c1-8-14(9(2)18-17-8)13-7-11(15)10-5-3-4-6-12(10)16-13/h3-7H,1-2H3,(H2,15,16). The predicted molar refractivity (Wildman–Crippen MR) is 71.1 cm³/mol. The third-order valence-electron chi connectivity index (χ3n) is 3.04. The van der Waals surface area contributed by atoms with Gasteiger partial charge in [-0.3, -0.25) is 0 Å². The van der Waals surface area contributed by atoms with E-state index in [1.807, 2.05) is 44.2 Å². The minimum atomic E-state index is 0.718. The number of aryl methyl sites for hydroxylation is 2. The molecule has 0 fully saturated rings. The lowest BCUT2D eigenvalue weighted by molar-refractivity contribution is 0.393. The SMILES string of the molecule is Cc1noc(C)c1-c1cc(N)c2ccccc2n1. The lowest BCUT2D eigenvalue weighted by atomic mass is 10.1. The van der Waals surface area contributed by atoms with Gasteiger partial charge in [0, 0.05) is 11.1 Å². The minimum Gasteiger partial charge on any atom is -0.398 e. The van der Waals surface area contributed by atoms with Crippen molar-refractivity contribution in [1.82, 2.24) is 10.1 Å². The van der Waals surface area contributed by atoms with Crippen LogP contribution in [0, 0.1) is 13.8 Å². The summed E-state index contributed by atoms with van der Waals surface area (Å²) in [7, 11) is 0. The van der Waals surface area contributed by atoms with Crippen molar-refractivity contribution in [3.63, 3.8) is 0 Å². The molecule has 0 aliphatic heterocycles. The van der Waals surface area contributed by atoms with Crippen LogP contribution in [0.5, 0.6) is 0 Å². The molecule has 0 radical (unpaired) electrons. The Morgan fingerprint density at radius 2 is 1.94 bits per heavy atom. The van der Waals surface area contributed by atoms with Gasteiger partial charge in [-0.1, -0.05) is 23.4 Å². The Labute approximate surface area is 104 Å². The second-order valence-corrected chi connectivity index (χ2v) is 4.31. The number of aromatic nitrogens is 2. The molecule has 3 rings (SSSR count). The molecule has 4 nitrogen and oxygen atoms in total. The summed E-state index contributed by atoms with van der Waals surface area (Å²) in [5.41, 5.74) is 10.2. The molecule has 2 aromatic heterocycles. The number of nitrogen functional groups attached to an aromatic ring is 1. The van der Waals surface area contributed by atoms with Gasteiger partial charge in [-0.25, -0.2) is 4.98 Å². The lowest BCUT2D eigenvalue weighted by Crippen LogP contribution is -1.93. The Morgan fingerprint density at radius 3 is 2.67 bits per heavy atom. The number of para-hydroxylation sites is 1. The summed E-state index contributed by atoms with van der Waals surface area (Å²) in [5, 5.41) is 4.91. The Bertz CT molecular complexity index is 711. The molecule has 0 unspecified atom stereocenters. The van der Waals surface area contributed by atoms with Gasteiger partial charge in [0.05, 0.1) is 22.5 Å². The van der Waals surface area contributed by atoms with Gasteiger partial charge in [0.15, 0.2) is 0 Å². The molecule has 1 aromatic carbocycles. The van der Waals surface area contributed by atoms with Crippen molar-refractivity contribution >= 4 is 16.6 Å². The molecule has 0 bridgehead atoms. The summed E-state index contributed by atoms with van der Waals surface area (Å²) in [4.78, 5) is 4.62. The van der Waals surface area contributed by atoms with E-state index in [1.54, 1.807) is 0 Å². The summed E-state index contributed by atoms with van der Waals surface area (Å²) >= 11 is 0. The van der Waals surface area contributed by atoms with Crippen molar-refractivity contribution in [2.24, 2.45) is 0 Å². The highest BCUT2D eigenvalue weighted by Gasteiger charge is 2.14. The summed E-state index contributed by atoms with van der Waals surface area (Å²) < 4.78 is 5.17. The Kier molecular flexibility index (Phi) is 2.30. The van der Waals surface area contributed by atoms with Crippen LogP contribution in [0.25, 0.3) is 22.2 Å². The van der Waals surface area contributed by atoms with Crippen LogP contribution < -0.4 is 5.73 Å². The molecule has 0 saturated heterocycles. The first-order valence-corrected chi connectivity index (χ1v) is 5.75. The molecule has 0 amide bonds. The topological polar surface area (TPSA) is 64.9 Å². The Morgan fingerprint density at radius 1 is 1.17 bits per heavy atom. The molecular formula is C14H13N3O. The number of hydrogen-bond acceptors (Lipinski definition) is 4. The van der Waals surface area contributed by atoms with E-state index >= 15 is 0 Å². The molecule has 0 aliphatic carbocycles. The van der Waals surface area contributed by atoms with Crippen LogP contribution in [-0.2, 0) is 0 Å². The number of pyridine rings is 1. The number of rotatable bonds is 1. The van der Waals surface area contributed by atoms with Crippen LogP contribution in [0.3, 0.4) is 0 Å². The van der Waals surface area contributed by atoms with Crippen molar-refractivity contribution in [2.45, 2.75) is 13.8 Å². The third-order valence-corrected chi connectivity index (χ3v) is 3.04. The number of anilines is 1. The maximum absolute atomic E-state index is 6.07. The van der Waals surface area contributed by atoms with Crippen molar-refractivity contribution < 1.29 is 4.52 Å². The number of hydrogen-bond donors (Lipinski definition) is 1. The molecule has 0 aliphatic rings. The van der Waals surface area contributed by atoms with Gasteiger partial charge in [-0.2, -0.15) is 0 Å². The van der Waals surface area contributed by atoms with E-state index in [0.717, 1.165) is 39.3 Å². The van der Waals surface area contributed by atoms with Gasteiger partial charge >= 0.3 is 0 Å². The third kappa shape index (κ3) is 1.54. The second-order valence-electron chi connectivity index (χ2n) is 4.31. The molecule has 3 aromatic rings. The number of nitrogens with zero attached hydrogens (tertiary/aromatic N) is 2. The fourth-order valence-corrected chi connectivity index (χ4v) is 2.18. The number of nitrogens with two attached hydrogens (primary N) is 1. The van der Waals surface area contributed by atoms with Crippen LogP contribution in [0.15, 0.2) is 34.9 Å². The molecular weight excluding hydrogens is 226 g/mol. The van der Waals surface area contributed by atoms with E-state index in [1.165, 1.54) is 0 Å². The van der Waals surface area contributed by atoms with E-state index in [0.29, 0.717) is 0 Å². The van der Waals surface area contributed by atoms with Crippen LogP contribution in [-0.4, -0.2) is 10.1 Å². The first-order valence-electron chi connectivity index (χ1n) is 5.75. The van der Waals surface area contributed by atoms with Crippen LogP contribution in [0.2, 0.25) is 0 Å². The first kappa shape index (κ1) is 10.8. The monoisotopic (exact) mass is 239 g/mol. The van der Waals surface area contributed by atoms with E-state index in [9.17, 15) is 0 Å². The maximum Gasteiger partial charge on any atom is 0.143 e. The highest BCUT2D eigenvalue weighted by atomic mass is 16.5. The van der Waals surface area contributed by atoms with Crippen molar-refractivity contribution in [1.29, 1.82) is 0 Å². The quantitative estimate of drug-likeness (QED) is 0.708. The van der Waals surface area contributed by atoms with Crippen LogP contribution in [0.1, 0.15) is 11.5 Å². The average Bonchev–Trinajstić information content (AvgIpc) is 2.69. The van der Waals surface area contributed by atoms with Crippen molar-refractivity contribution in [2.75, 3.05) is 5.73 Å². The second kappa shape index (κ2) is 3.84. The van der Waals surface area contributed by atoms with E-state index in [-0.39, 0.29) is 0 Å². The highest BCUT2D eigenvalue weighted by Crippen LogP contribution is 2.30. The van der Waals surface area contributed by atoms with E-state index in [4.69, 9.17) is 10.3 Å². The molecule has 0 saturated carbocycles. The van der Waals surface area contributed by atoms with E-state index < -0.39 is 0 Å². The number of benzene rings is 1. The smallest absolute Gasteiger partial charge is 0.143 e. The van der Waals surface area contributed by atoms with Crippen LogP contribution >= 0.6 is 0 Å². The number of fused-ring (bicyclic) bond motifs is 1. The zero-order chi connectivity index (χ0) is 12.7. The van der Waals surface area contributed by atoms with Gasteiger partial charge in [-0.05, 0) is 26.0 Å². The lowest BCUT2D eigenvalue weighted by Gasteiger charge is -2.05. The van der Waals surface area contributed by atoms with Gasteiger partial charge in [0.2, 0.25) is 0 Å². The Balaban J connectivity index is 2.31. The normalized spacial score (nSPS) is 11.0. The molecule has 90 valence electrons. The van der Waals surface area contributed by atoms with E-state index in [2.05, 4.69) is 10.1 Å². The summed E-state index contributed by atoms with van der Waals surface area (Å²) in [6.07, 6.45) is 0. The minimum absolute atomic E-state index is 0.718. The van der Waals surface area contributed by atoms with Crippen LogP contribution in [0.4, 0.5) is 5.69 Å². The fourth-order valence-electron chi connectivity index (χ4n) is 2.18. The molecule has 0 spiro atoms. The van der Waals surface area contributed by atoms with Gasteiger partial charge in [-0.15, -0.1) is 0 Å². The zero-order valence-electron chi connectivity index (χ0n) is 10.3. The molecule has 4 heteroatoms. The summed E-state index contributed by atoms with van der Waals surface area (Å²) in [5.74, 6) is 0.759. The summed E-state index contributed by atoms with van der Waals surface area (Å²) in [6.45, 7) is 3.78. The highest BCUT2D eigenvalue weighted by molar-refractivity contribution is 5.92. The molecule has 18 heavy (non-hydrogen) atoms. The fraction of sp³-hybridized carbons (Fsp3) is 0.143. The first-order chi connectivity index (χ1) is 8.66. The van der Waals surface area contributed by atoms with Gasteiger partial charge in [0.25, 0.3) is 0 Å². The van der Waals surface area contributed by atoms with Crippen molar-refractivity contribution in [3.05, 3.63) is 41.8 Å². The average molecular weight is 239 g/mol. The van der Waals surface area contributed by atoms with Crippen molar-refractivity contribution in [3.8, 4) is 11.3 Å². The zero-order valence-corrected chi connectivity index (χ0v) is 10.3. The summed E-state index contributed by atoms with van der Waals surface area (Å²) in [6, 6.07) is 9.69. The predicted octanol–water partition coefficient (Wildman–Crippen LogP) is 3.09. The maximum atomic E-state index is 6.07. The van der Waals surface area contributed by atoms with Gasteiger partial charge in [0.1, 0.15) is 5.76 Å². The Hall–Kier alpha value is -2.36. The molecule has 2 heterocycles. The largest absolute Gasteiger partial charge is 0.398 e.